The summed E-state index contributed by atoms with van der Waals surface area (Å²) in [6.07, 6.45) is 10.6. The topological polar surface area (TPSA) is 29.1 Å². The molecule has 4 bridgehead atoms. The average Bonchev–Trinajstić information content (AvgIpc) is 2.25. The van der Waals surface area contributed by atoms with Crippen molar-refractivity contribution < 1.29 is 4.79 Å². The van der Waals surface area contributed by atoms with Crippen LogP contribution >= 0.6 is 0 Å². The molecule has 1 amide bonds. The number of rotatable bonds is 3. The van der Waals surface area contributed by atoms with Crippen LogP contribution in [0.4, 0.5) is 0 Å². The second-order valence-electron chi connectivity index (χ2n) is 7.68. The highest BCUT2D eigenvalue weighted by Gasteiger charge is 2.62. The van der Waals surface area contributed by atoms with Gasteiger partial charge in [-0.3, -0.25) is 4.79 Å². The van der Waals surface area contributed by atoms with Crippen LogP contribution in [0.5, 0.6) is 0 Å². The van der Waals surface area contributed by atoms with Gasteiger partial charge in [0, 0.05) is 12.5 Å². The molecule has 0 spiro atoms. The van der Waals surface area contributed by atoms with Crippen LogP contribution in [-0.2, 0) is 4.79 Å². The summed E-state index contributed by atoms with van der Waals surface area (Å²) in [5.41, 5.74) is 1.23. The predicted molar refractivity (Wildman–Crippen MR) is 73.2 cm³/mol. The Labute approximate surface area is 111 Å². The molecular formula is C16H27NO. The van der Waals surface area contributed by atoms with E-state index in [0.717, 1.165) is 5.92 Å². The van der Waals surface area contributed by atoms with E-state index in [1.54, 1.807) is 6.92 Å². The summed E-state index contributed by atoms with van der Waals surface area (Å²) in [6, 6.07) is 0. The summed E-state index contributed by atoms with van der Waals surface area (Å²) < 4.78 is 0. The van der Waals surface area contributed by atoms with Crippen molar-refractivity contribution in [2.24, 2.45) is 16.7 Å². The Morgan fingerprint density at radius 2 is 1.61 bits per heavy atom. The van der Waals surface area contributed by atoms with Gasteiger partial charge in [-0.25, -0.2) is 0 Å². The van der Waals surface area contributed by atoms with Crippen molar-refractivity contribution in [3.8, 4) is 0 Å². The first kappa shape index (κ1) is 12.5. The minimum absolute atomic E-state index is 0.150. The third-order valence-corrected chi connectivity index (χ3v) is 6.24. The van der Waals surface area contributed by atoms with Crippen molar-refractivity contribution in [3.05, 3.63) is 0 Å². The van der Waals surface area contributed by atoms with E-state index >= 15 is 0 Å². The first-order valence-electron chi connectivity index (χ1n) is 7.73. The molecular weight excluding hydrogens is 222 g/mol. The average molecular weight is 249 g/mol. The molecule has 2 unspecified atom stereocenters. The molecule has 102 valence electrons. The van der Waals surface area contributed by atoms with Crippen molar-refractivity contribution in [1.29, 1.82) is 0 Å². The minimum atomic E-state index is 0.150. The number of amides is 1. The molecule has 4 atom stereocenters. The Morgan fingerprint density at radius 3 is 2.06 bits per heavy atom. The first-order chi connectivity index (χ1) is 8.44. The Bertz CT molecular complexity index is 355. The molecule has 4 aliphatic carbocycles. The molecule has 0 aliphatic heterocycles. The Hall–Kier alpha value is -0.530. The van der Waals surface area contributed by atoms with Crippen molar-refractivity contribution in [2.75, 3.05) is 0 Å². The lowest BCUT2D eigenvalue weighted by Gasteiger charge is -2.67. The van der Waals surface area contributed by atoms with Gasteiger partial charge in [-0.2, -0.15) is 0 Å². The summed E-state index contributed by atoms with van der Waals surface area (Å²) in [6.45, 7) is 6.41. The minimum Gasteiger partial charge on any atom is -0.351 e. The maximum absolute atomic E-state index is 11.6. The van der Waals surface area contributed by atoms with Crippen LogP contribution in [-0.4, -0.2) is 11.4 Å². The van der Waals surface area contributed by atoms with Gasteiger partial charge in [-0.05, 0) is 55.3 Å². The van der Waals surface area contributed by atoms with Gasteiger partial charge in [0.2, 0.25) is 5.91 Å². The Balaban J connectivity index is 1.96. The summed E-state index contributed by atoms with van der Waals surface area (Å²) >= 11 is 0. The smallest absolute Gasteiger partial charge is 0.217 e. The summed E-state index contributed by atoms with van der Waals surface area (Å²) in [5, 5.41) is 3.37. The van der Waals surface area contributed by atoms with Crippen molar-refractivity contribution >= 4 is 5.91 Å². The van der Waals surface area contributed by atoms with Gasteiger partial charge < -0.3 is 5.32 Å². The second kappa shape index (κ2) is 3.74. The molecule has 0 aromatic rings. The molecule has 4 saturated carbocycles. The third kappa shape index (κ3) is 1.71. The number of carbonyl (C=O) groups is 1. The van der Waals surface area contributed by atoms with E-state index in [2.05, 4.69) is 19.2 Å². The number of hydrogen-bond donors (Lipinski definition) is 1. The molecule has 0 heterocycles. The van der Waals surface area contributed by atoms with E-state index in [9.17, 15) is 4.79 Å². The predicted octanol–water partition coefficient (Wildman–Crippen LogP) is 3.65. The molecule has 0 saturated heterocycles. The van der Waals surface area contributed by atoms with Crippen molar-refractivity contribution in [2.45, 2.75) is 77.7 Å². The number of hydrogen-bond acceptors (Lipinski definition) is 1. The van der Waals surface area contributed by atoms with Crippen molar-refractivity contribution in [1.82, 2.24) is 5.32 Å². The highest BCUT2D eigenvalue weighted by molar-refractivity contribution is 5.74. The van der Waals surface area contributed by atoms with Crippen LogP contribution in [0.2, 0.25) is 0 Å². The Kier molecular flexibility index (Phi) is 2.60. The van der Waals surface area contributed by atoms with E-state index in [1.165, 1.54) is 51.4 Å². The molecule has 2 nitrogen and oxygen atoms in total. The number of carbonyl (C=O) groups excluding carboxylic acids is 1. The maximum Gasteiger partial charge on any atom is 0.217 e. The van der Waals surface area contributed by atoms with E-state index in [4.69, 9.17) is 0 Å². The first-order valence-corrected chi connectivity index (χ1v) is 7.73. The van der Waals surface area contributed by atoms with Crippen LogP contribution in [0.15, 0.2) is 0 Å². The van der Waals surface area contributed by atoms with Crippen LogP contribution in [0.3, 0.4) is 0 Å². The second-order valence-corrected chi connectivity index (χ2v) is 7.68. The van der Waals surface area contributed by atoms with Crippen molar-refractivity contribution in [3.63, 3.8) is 0 Å². The van der Waals surface area contributed by atoms with Crippen LogP contribution in [0, 0.1) is 16.7 Å². The van der Waals surface area contributed by atoms with Gasteiger partial charge in [-0.1, -0.05) is 26.7 Å². The fourth-order valence-corrected chi connectivity index (χ4v) is 6.15. The maximum atomic E-state index is 11.6. The molecule has 1 N–H and O–H groups in total. The standard InChI is InChI=1S/C16H27NO/c1-4-14-6-13-7-15(5-2,9-14)11-16(8-13,10-14)17-12(3)18/h13H,4-11H2,1-3H3,(H,17,18)/t13?,14-,15+,16?. The van der Waals surface area contributed by atoms with E-state index in [-0.39, 0.29) is 11.4 Å². The zero-order valence-corrected chi connectivity index (χ0v) is 12.1. The van der Waals surface area contributed by atoms with Gasteiger partial charge in [0.15, 0.2) is 0 Å². The van der Waals surface area contributed by atoms with Crippen LogP contribution in [0.1, 0.15) is 72.1 Å². The third-order valence-electron chi connectivity index (χ3n) is 6.24. The van der Waals surface area contributed by atoms with Crippen LogP contribution in [0.25, 0.3) is 0 Å². The fourth-order valence-electron chi connectivity index (χ4n) is 6.15. The zero-order valence-electron chi connectivity index (χ0n) is 12.1. The lowest BCUT2D eigenvalue weighted by Crippen LogP contribution is -2.65. The van der Waals surface area contributed by atoms with E-state index in [1.807, 2.05) is 0 Å². The Morgan fingerprint density at radius 1 is 1.06 bits per heavy atom. The number of nitrogens with one attached hydrogen (secondary N) is 1. The lowest BCUT2D eigenvalue weighted by molar-refractivity contribution is -0.147. The molecule has 0 aromatic heterocycles. The zero-order chi connectivity index (χ0) is 13.0. The van der Waals surface area contributed by atoms with E-state index < -0.39 is 0 Å². The van der Waals surface area contributed by atoms with Gasteiger partial charge in [0.25, 0.3) is 0 Å². The molecule has 0 radical (unpaired) electrons. The molecule has 2 heteroatoms. The quantitative estimate of drug-likeness (QED) is 0.812. The summed E-state index contributed by atoms with van der Waals surface area (Å²) in [4.78, 5) is 11.6. The molecule has 18 heavy (non-hydrogen) atoms. The summed E-state index contributed by atoms with van der Waals surface area (Å²) in [5.74, 6) is 1.04. The van der Waals surface area contributed by atoms with Crippen LogP contribution < -0.4 is 5.32 Å². The van der Waals surface area contributed by atoms with Gasteiger partial charge in [-0.15, -0.1) is 0 Å². The normalized spacial score (nSPS) is 49.4. The monoisotopic (exact) mass is 249 g/mol. The molecule has 4 aliphatic rings. The molecule has 4 fully saturated rings. The van der Waals surface area contributed by atoms with Gasteiger partial charge >= 0.3 is 0 Å². The van der Waals surface area contributed by atoms with Gasteiger partial charge in [0.1, 0.15) is 0 Å². The molecule has 4 rings (SSSR count). The van der Waals surface area contributed by atoms with E-state index in [0.29, 0.717) is 10.8 Å². The SMILES string of the molecule is CC[C@]12CC3CC(NC(C)=O)(C1)C[C@@](CC)(C3)C2. The highest BCUT2D eigenvalue weighted by atomic mass is 16.1. The fraction of sp³-hybridized carbons (Fsp3) is 0.938. The largest absolute Gasteiger partial charge is 0.351 e. The summed E-state index contributed by atoms with van der Waals surface area (Å²) in [7, 11) is 0. The highest BCUT2D eigenvalue weighted by Crippen LogP contribution is 2.68. The van der Waals surface area contributed by atoms with Gasteiger partial charge in [0.05, 0.1) is 0 Å². The molecule has 0 aromatic carbocycles. The lowest BCUT2D eigenvalue weighted by atomic mass is 9.41.